The van der Waals surface area contributed by atoms with Crippen LogP contribution >= 0.6 is 0 Å². The maximum Gasteiger partial charge on any atom is 0.338 e. The lowest BCUT2D eigenvalue weighted by molar-refractivity contribution is -0.141. The summed E-state index contributed by atoms with van der Waals surface area (Å²) in [6.07, 6.45) is 0.516. The van der Waals surface area contributed by atoms with E-state index in [1.165, 1.54) is 10.4 Å². The molecule has 0 unspecified atom stereocenters. The normalized spacial score (nSPS) is 23.4. The Hall–Kier alpha value is -3.22. The second-order valence-electron chi connectivity index (χ2n) is 11.1. The molecule has 0 radical (unpaired) electrons. The quantitative estimate of drug-likeness (QED) is 0.337. The third-order valence-corrected chi connectivity index (χ3v) is 12.9. The summed E-state index contributed by atoms with van der Waals surface area (Å²) in [4.78, 5) is 25.0. The summed E-state index contributed by atoms with van der Waals surface area (Å²) in [5.41, 5.74) is 0.514. The lowest BCUT2D eigenvalue weighted by Gasteiger charge is -2.45. The summed E-state index contributed by atoms with van der Waals surface area (Å²) in [6, 6.07) is 30.0. The summed E-state index contributed by atoms with van der Waals surface area (Å²) < 4.78 is 18.9. The molecule has 1 aliphatic carbocycles. The maximum atomic E-state index is 12.8. The first-order valence-corrected chi connectivity index (χ1v) is 14.9. The molecule has 3 aromatic rings. The number of rotatable bonds is 7. The molecule has 192 valence electrons. The zero-order chi connectivity index (χ0) is 26.0. The van der Waals surface area contributed by atoms with Gasteiger partial charge in [0.2, 0.25) is 0 Å². The standard InChI is InChI=1S/C31H34O5Si/c1-31(2,3)37(23-15-9-5-10-16-23,24-17-11-6-12-18-24)36-28-20-27-25(19-29(32)35-27)26(28)21-34-30(33)22-13-7-4-8-14-22/h4-18,25-28H,19-21H2,1-3H3/t25-,26+,27+,28-/m0/s1. The van der Waals surface area contributed by atoms with Crippen LogP contribution in [0, 0.1) is 11.8 Å². The molecule has 1 heterocycles. The van der Waals surface area contributed by atoms with Crippen molar-refractivity contribution in [3.8, 4) is 0 Å². The third-order valence-electron chi connectivity index (χ3n) is 7.82. The second kappa shape index (κ2) is 10.3. The van der Waals surface area contributed by atoms with Gasteiger partial charge in [-0.05, 0) is 27.5 Å². The molecule has 1 saturated heterocycles. The van der Waals surface area contributed by atoms with Crippen LogP contribution in [0.15, 0.2) is 91.0 Å². The first-order chi connectivity index (χ1) is 17.8. The highest BCUT2D eigenvalue weighted by molar-refractivity contribution is 6.99. The average molecular weight is 515 g/mol. The Morgan fingerprint density at radius 1 is 0.892 bits per heavy atom. The van der Waals surface area contributed by atoms with Gasteiger partial charge < -0.3 is 13.9 Å². The minimum atomic E-state index is -2.82. The zero-order valence-electron chi connectivity index (χ0n) is 21.6. The number of benzene rings is 3. The van der Waals surface area contributed by atoms with Crippen LogP contribution in [-0.4, -0.2) is 39.1 Å². The van der Waals surface area contributed by atoms with Gasteiger partial charge in [-0.3, -0.25) is 4.79 Å². The fourth-order valence-electron chi connectivity index (χ4n) is 6.07. The summed E-state index contributed by atoms with van der Waals surface area (Å²) in [5.74, 6) is -0.707. The molecule has 37 heavy (non-hydrogen) atoms. The smallest absolute Gasteiger partial charge is 0.338 e. The largest absolute Gasteiger partial charge is 0.462 e. The average Bonchev–Trinajstić information content (AvgIpc) is 3.41. The summed E-state index contributed by atoms with van der Waals surface area (Å²) >= 11 is 0. The zero-order valence-corrected chi connectivity index (χ0v) is 22.6. The van der Waals surface area contributed by atoms with E-state index >= 15 is 0 Å². The Balaban J connectivity index is 1.51. The number of ether oxygens (including phenoxy) is 2. The van der Waals surface area contributed by atoms with Crippen LogP contribution < -0.4 is 10.4 Å². The van der Waals surface area contributed by atoms with Crippen molar-refractivity contribution in [1.29, 1.82) is 0 Å². The van der Waals surface area contributed by atoms with Crippen molar-refractivity contribution >= 4 is 30.6 Å². The molecule has 6 heteroatoms. The van der Waals surface area contributed by atoms with Crippen LogP contribution in [-0.2, 0) is 18.7 Å². The Morgan fingerprint density at radius 2 is 1.43 bits per heavy atom. The maximum absolute atomic E-state index is 12.8. The number of hydrogen-bond donors (Lipinski definition) is 0. The second-order valence-corrected chi connectivity index (χ2v) is 15.3. The van der Waals surface area contributed by atoms with Crippen molar-refractivity contribution in [2.75, 3.05) is 6.61 Å². The molecule has 2 fully saturated rings. The summed E-state index contributed by atoms with van der Waals surface area (Å²) in [7, 11) is -2.82. The number of carbonyl (C=O) groups excluding carboxylic acids is 2. The van der Waals surface area contributed by atoms with Crippen molar-refractivity contribution in [2.24, 2.45) is 11.8 Å². The molecule has 0 aromatic heterocycles. The van der Waals surface area contributed by atoms with Crippen molar-refractivity contribution in [2.45, 2.75) is 50.9 Å². The highest BCUT2D eigenvalue weighted by atomic mass is 28.4. The molecule has 1 aliphatic heterocycles. The van der Waals surface area contributed by atoms with E-state index in [4.69, 9.17) is 13.9 Å². The number of fused-ring (bicyclic) bond motifs is 1. The molecule has 5 rings (SSSR count). The van der Waals surface area contributed by atoms with Gasteiger partial charge in [0.15, 0.2) is 0 Å². The molecular formula is C31H34O5Si. The van der Waals surface area contributed by atoms with Gasteiger partial charge in [-0.25, -0.2) is 4.79 Å². The van der Waals surface area contributed by atoms with Crippen molar-refractivity contribution < 1.29 is 23.5 Å². The predicted molar refractivity (Wildman–Crippen MR) is 145 cm³/mol. The Kier molecular flexibility index (Phi) is 7.06. The van der Waals surface area contributed by atoms with Crippen LogP contribution in [0.5, 0.6) is 0 Å². The van der Waals surface area contributed by atoms with E-state index in [0.717, 1.165) is 0 Å². The number of carbonyl (C=O) groups is 2. The Labute approximate surface area is 219 Å². The lowest BCUT2D eigenvalue weighted by atomic mass is 9.93. The molecule has 0 bridgehead atoms. The van der Waals surface area contributed by atoms with E-state index in [9.17, 15) is 9.59 Å². The van der Waals surface area contributed by atoms with Crippen LogP contribution in [0.1, 0.15) is 44.0 Å². The lowest BCUT2D eigenvalue weighted by Crippen LogP contribution is -2.68. The van der Waals surface area contributed by atoms with E-state index in [0.29, 0.717) is 18.4 Å². The third kappa shape index (κ3) is 4.88. The van der Waals surface area contributed by atoms with Crippen LogP contribution in [0.3, 0.4) is 0 Å². The van der Waals surface area contributed by atoms with Gasteiger partial charge in [-0.2, -0.15) is 0 Å². The van der Waals surface area contributed by atoms with Gasteiger partial charge in [0.25, 0.3) is 8.32 Å². The van der Waals surface area contributed by atoms with Crippen molar-refractivity contribution in [3.63, 3.8) is 0 Å². The predicted octanol–water partition coefficient (Wildman–Crippen LogP) is 4.74. The molecular weight excluding hydrogens is 480 g/mol. The Morgan fingerprint density at radius 3 is 1.97 bits per heavy atom. The molecule has 1 saturated carbocycles. The van der Waals surface area contributed by atoms with Gasteiger partial charge in [-0.1, -0.05) is 99.6 Å². The van der Waals surface area contributed by atoms with Crippen LogP contribution in [0.4, 0.5) is 0 Å². The van der Waals surface area contributed by atoms with Crippen molar-refractivity contribution in [3.05, 3.63) is 96.6 Å². The molecule has 4 atom stereocenters. The van der Waals surface area contributed by atoms with E-state index < -0.39 is 8.32 Å². The summed E-state index contributed by atoms with van der Waals surface area (Å²) in [5, 5.41) is 2.21. The van der Waals surface area contributed by atoms with Gasteiger partial charge in [-0.15, -0.1) is 0 Å². The monoisotopic (exact) mass is 514 g/mol. The first kappa shape index (κ1) is 25.4. The molecule has 0 N–H and O–H groups in total. The molecule has 0 spiro atoms. The van der Waals surface area contributed by atoms with Gasteiger partial charge in [0.1, 0.15) is 6.10 Å². The summed E-state index contributed by atoms with van der Waals surface area (Å²) in [6.45, 7) is 6.94. The minimum Gasteiger partial charge on any atom is -0.462 e. The molecule has 5 nitrogen and oxygen atoms in total. The first-order valence-electron chi connectivity index (χ1n) is 13.0. The Bertz CT molecular complexity index is 1180. The fourth-order valence-corrected chi connectivity index (χ4v) is 10.8. The van der Waals surface area contributed by atoms with Crippen LogP contribution in [0.25, 0.3) is 0 Å². The SMILES string of the molecule is CC(C)(C)[Si](O[C@H]1C[C@H]2OC(=O)C[C@H]2[C@H]1COC(=O)c1ccccc1)(c1ccccc1)c1ccccc1. The highest BCUT2D eigenvalue weighted by Gasteiger charge is 2.57. The molecule has 3 aromatic carbocycles. The van der Waals surface area contributed by atoms with E-state index in [2.05, 4.69) is 69.3 Å². The highest BCUT2D eigenvalue weighted by Crippen LogP contribution is 2.46. The minimum absolute atomic E-state index is 0.0284. The molecule has 0 amide bonds. The number of hydrogen-bond acceptors (Lipinski definition) is 5. The van der Waals surface area contributed by atoms with Gasteiger partial charge in [0.05, 0.1) is 24.7 Å². The van der Waals surface area contributed by atoms with Crippen molar-refractivity contribution in [1.82, 2.24) is 0 Å². The fraction of sp³-hybridized carbons (Fsp3) is 0.355. The van der Waals surface area contributed by atoms with Gasteiger partial charge in [0, 0.05) is 18.3 Å². The van der Waals surface area contributed by atoms with Gasteiger partial charge >= 0.3 is 11.9 Å². The van der Waals surface area contributed by atoms with E-state index in [1.54, 1.807) is 12.1 Å². The molecule has 2 aliphatic rings. The number of esters is 2. The van der Waals surface area contributed by atoms with E-state index in [-0.39, 0.29) is 47.6 Å². The van der Waals surface area contributed by atoms with Crippen LogP contribution in [0.2, 0.25) is 5.04 Å². The topological polar surface area (TPSA) is 61.8 Å². The van der Waals surface area contributed by atoms with E-state index in [1.807, 2.05) is 30.3 Å².